The Kier molecular flexibility index (Phi) is 4.63. The lowest BCUT2D eigenvalue weighted by Crippen LogP contribution is -2.21. The second-order valence-corrected chi connectivity index (χ2v) is 3.75. The van der Waals surface area contributed by atoms with Crippen molar-refractivity contribution in [3.05, 3.63) is 35.9 Å². The first-order chi connectivity index (χ1) is 6.74. The average Bonchev–Trinajstić information content (AvgIpc) is 2.26. The molecular formula is C12H18O2. The molecule has 0 saturated heterocycles. The van der Waals surface area contributed by atoms with Crippen molar-refractivity contribution in [2.24, 2.45) is 5.92 Å². The first-order valence-electron chi connectivity index (χ1n) is 5.07. The van der Waals surface area contributed by atoms with Crippen LogP contribution in [0.2, 0.25) is 0 Å². The maximum atomic E-state index is 9.62. The second-order valence-electron chi connectivity index (χ2n) is 3.75. The summed E-state index contributed by atoms with van der Waals surface area (Å²) < 4.78 is 0. The van der Waals surface area contributed by atoms with Crippen LogP contribution in [-0.2, 0) is 6.42 Å². The van der Waals surface area contributed by atoms with E-state index in [-0.39, 0.29) is 12.5 Å². The monoisotopic (exact) mass is 194 g/mol. The summed E-state index contributed by atoms with van der Waals surface area (Å²) in [5.41, 5.74) is 1.23. The first kappa shape index (κ1) is 11.2. The highest BCUT2D eigenvalue weighted by Gasteiger charge is 2.12. The molecule has 2 atom stereocenters. The topological polar surface area (TPSA) is 40.5 Å². The average molecular weight is 194 g/mol. The van der Waals surface area contributed by atoms with Crippen molar-refractivity contribution in [2.45, 2.75) is 25.9 Å². The molecule has 0 aliphatic heterocycles. The molecule has 0 radical (unpaired) electrons. The summed E-state index contributed by atoms with van der Waals surface area (Å²) in [4.78, 5) is 0. The van der Waals surface area contributed by atoms with Crippen molar-refractivity contribution in [3.63, 3.8) is 0 Å². The first-order valence-corrected chi connectivity index (χ1v) is 5.07. The Morgan fingerprint density at radius 3 is 2.43 bits per heavy atom. The quantitative estimate of drug-likeness (QED) is 0.747. The molecule has 0 spiro atoms. The minimum atomic E-state index is -0.403. The van der Waals surface area contributed by atoms with Crippen molar-refractivity contribution in [2.75, 3.05) is 6.61 Å². The third kappa shape index (κ3) is 3.48. The molecule has 14 heavy (non-hydrogen) atoms. The van der Waals surface area contributed by atoms with Gasteiger partial charge in [-0.15, -0.1) is 0 Å². The molecular weight excluding hydrogens is 176 g/mol. The molecule has 1 rings (SSSR count). The Morgan fingerprint density at radius 2 is 1.86 bits per heavy atom. The molecule has 0 amide bonds. The van der Waals surface area contributed by atoms with Crippen LogP contribution in [0.3, 0.4) is 0 Å². The molecule has 0 heterocycles. The lowest BCUT2D eigenvalue weighted by Gasteiger charge is -2.15. The number of hydrogen-bond acceptors (Lipinski definition) is 2. The largest absolute Gasteiger partial charge is 0.396 e. The Bertz CT molecular complexity index is 246. The minimum Gasteiger partial charge on any atom is -0.396 e. The van der Waals surface area contributed by atoms with Crippen molar-refractivity contribution in [1.29, 1.82) is 0 Å². The number of aliphatic hydroxyl groups excluding tert-OH is 2. The number of aryl methyl sites for hydroxylation is 1. The summed E-state index contributed by atoms with van der Waals surface area (Å²) in [6, 6.07) is 10.1. The van der Waals surface area contributed by atoms with Crippen LogP contribution in [0.25, 0.3) is 0 Å². The summed E-state index contributed by atoms with van der Waals surface area (Å²) in [6.07, 6.45) is 1.18. The summed E-state index contributed by atoms with van der Waals surface area (Å²) in [5, 5.41) is 18.5. The summed E-state index contributed by atoms with van der Waals surface area (Å²) in [7, 11) is 0. The molecule has 2 N–H and O–H groups in total. The number of aliphatic hydroxyl groups is 2. The molecule has 0 saturated carbocycles. The van der Waals surface area contributed by atoms with Gasteiger partial charge in [-0.2, -0.15) is 0 Å². The standard InChI is InChI=1S/C12H18O2/c1-10(9-13)12(14)8-7-11-5-3-2-4-6-11/h2-6,10,12-14H,7-9H2,1H3/t10-,12-/m0/s1. The normalized spacial score (nSPS) is 15.1. The van der Waals surface area contributed by atoms with Gasteiger partial charge < -0.3 is 10.2 Å². The zero-order chi connectivity index (χ0) is 10.4. The summed E-state index contributed by atoms with van der Waals surface area (Å²) in [6.45, 7) is 1.91. The van der Waals surface area contributed by atoms with Gasteiger partial charge in [0.2, 0.25) is 0 Å². The van der Waals surface area contributed by atoms with Crippen LogP contribution >= 0.6 is 0 Å². The fraction of sp³-hybridized carbons (Fsp3) is 0.500. The molecule has 0 aromatic heterocycles. The van der Waals surface area contributed by atoms with Crippen molar-refractivity contribution >= 4 is 0 Å². The third-order valence-electron chi connectivity index (χ3n) is 2.52. The van der Waals surface area contributed by atoms with E-state index in [9.17, 15) is 5.11 Å². The molecule has 1 aromatic rings. The number of rotatable bonds is 5. The lowest BCUT2D eigenvalue weighted by atomic mass is 9.99. The fourth-order valence-electron chi connectivity index (χ4n) is 1.37. The Balaban J connectivity index is 2.34. The van der Waals surface area contributed by atoms with E-state index >= 15 is 0 Å². The smallest absolute Gasteiger partial charge is 0.0590 e. The molecule has 0 unspecified atom stereocenters. The van der Waals surface area contributed by atoms with Gasteiger partial charge in [-0.25, -0.2) is 0 Å². The van der Waals surface area contributed by atoms with Gasteiger partial charge in [0.15, 0.2) is 0 Å². The number of benzene rings is 1. The van der Waals surface area contributed by atoms with Crippen LogP contribution in [-0.4, -0.2) is 22.9 Å². The van der Waals surface area contributed by atoms with E-state index in [2.05, 4.69) is 12.1 Å². The van der Waals surface area contributed by atoms with E-state index in [1.807, 2.05) is 25.1 Å². The Morgan fingerprint density at radius 1 is 1.21 bits per heavy atom. The van der Waals surface area contributed by atoms with Crippen LogP contribution in [0.5, 0.6) is 0 Å². The zero-order valence-electron chi connectivity index (χ0n) is 8.56. The SMILES string of the molecule is C[C@@H](CO)[C@@H](O)CCc1ccccc1. The van der Waals surface area contributed by atoms with Gasteiger partial charge in [0.05, 0.1) is 6.10 Å². The van der Waals surface area contributed by atoms with Crippen molar-refractivity contribution in [3.8, 4) is 0 Å². The minimum absolute atomic E-state index is 0.0290. The molecule has 0 aliphatic carbocycles. The lowest BCUT2D eigenvalue weighted by molar-refractivity contribution is 0.0709. The fourth-order valence-corrected chi connectivity index (χ4v) is 1.37. The predicted molar refractivity (Wildman–Crippen MR) is 57.0 cm³/mol. The molecule has 78 valence electrons. The molecule has 0 aliphatic rings. The highest BCUT2D eigenvalue weighted by Crippen LogP contribution is 2.10. The van der Waals surface area contributed by atoms with Gasteiger partial charge in [-0.1, -0.05) is 37.3 Å². The van der Waals surface area contributed by atoms with Gasteiger partial charge in [0, 0.05) is 12.5 Å². The predicted octanol–water partition coefficient (Wildman–Crippen LogP) is 1.61. The van der Waals surface area contributed by atoms with Crippen molar-refractivity contribution in [1.82, 2.24) is 0 Å². The van der Waals surface area contributed by atoms with E-state index < -0.39 is 6.10 Å². The second kappa shape index (κ2) is 5.78. The highest BCUT2D eigenvalue weighted by molar-refractivity contribution is 5.14. The molecule has 1 aromatic carbocycles. The Labute approximate surface area is 85.2 Å². The van der Waals surface area contributed by atoms with Gasteiger partial charge in [0.1, 0.15) is 0 Å². The molecule has 0 bridgehead atoms. The van der Waals surface area contributed by atoms with E-state index in [0.717, 1.165) is 6.42 Å². The van der Waals surface area contributed by atoms with E-state index in [4.69, 9.17) is 5.11 Å². The van der Waals surface area contributed by atoms with Gasteiger partial charge in [-0.3, -0.25) is 0 Å². The van der Waals surface area contributed by atoms with Gasteiger partial charge in [0.25, 0.3) is 0 Å². The van der Waals surface area contributed by atoms with Crippen LogP contribution in [0, 0.1) is 5.92 Å². The number of hydrogen-bond donors (Lipinski definition) is 2. The maximum absolute atomic E-state index is 9.62. The van der Waals surface area contributed by atoms with Crippen LogP contribution in [0.15, 0.2) is 30.3 Å². The molecule has 2 nitrogen and oxygen atoms in total. The van der Waals surface area contributed by atoms with Gasteiger partial charge in [-0.05, 0) is 18.4 Å². The van der Waals surface area contributed by atoms with Gasteiger partial charge >= 0.3 is 0 Å². The third-order valence-corrected chi connectivity index (χ3v) is 2.52. The maximum Gasteiger partial charge on any atom is 0.0590 e. The van der Waals surface area contributed by atoms with Crippen LogP contribution in [0.1, 0.15) is 18.9 Å². The highest BCUT2D eigenvalue weighted by atomic mass is 16.3. The van der Waals surface area contributed by atoms with E-state index in [1.54, 1.807) is 0 Å². The van der Waals surface area contributed by atoms with Crippen LogP contribution in [0.4, 0.5) is 0 Å². The van der Waals surface area contributed by atoms with Crippen LogP contribution < -0.4 is 0 Å². The summed E-state index contributed by atoms with van der Waals surface area (Å²) >= 11 is 0. The van der Waals surface area contributed by atoms with Crippen molar-refractivity contribution < 1.29 is 10.2 Å². The summed E-state index contributed by atoms with van der Waals surface area (Å²) in [5.74, 6) is -0.0290. The molecule has 0 fully saturated rings. The molecule has 2 heteroatoms. The zero-order valence-corrected chi connectivity index (χ0v) is 8.56. The Hall–Kier alpha value is -0.860. The van der Waals surface area contributed by atoms with E-state index in [1.165, 1.54) is 5.56 Å². The van der Waals surface area contributed by atoms with E-state index in [0.29, 0.717) is 6.42 Å².